The van der Waals surface area contributed by atoms with Gasteiger partial charge in [0.25, 0.3) is 0 Å². The molecule has 0 unspecified atom stereocenters. The van der Waals surface area contributed by atoms with Crippen molar-refractivity contribution in [1.29, 1.82) is 0 Å². The van der Waals surface area contributed by atoms with Crippen molar-refractivity contribution in [1.82, 2.24) is 15.0 Å². The van der Waals surface area contributed by atoms with Gasteiger partial charge in [-0.1, -0.05) is 23.3 Å². The third-order valence-electron chi connectivity index (χ3n) is 6.66. The number of rotatable bonds is 12. The highest BCUT2D eigenvalue weighted by Crippen LogP contribution is 2.33. The minimum atomic E-state index is -0.462. The van der Waals surface area contributed by atoms with Crippen molar-refractivity contribution in [2.75, 3.05) is 0 Å². The zero-order valence-electron chi connectivity index (χ0n) is 22.3. The molecule has 0 saturated carbocycles. The van der Waals surface area contributed by atoms with E-state index < -0.39 is 5.66 Å². The summed E-state index contributed by atoms with van der Waals surface area (Å²) in [5, 5.41) is 27.3. The van der Waals surface area contributed by atoms with Gasteiger partial charge in [0.1, 0.15) is 17.3 Å². The van der Waals surface area contributed by atoms with Gasteiger partial charge >= 0.3 is 5.97 Å². The van der Waals surface area contributed by atoms with E-state index in [1.165, 1.54) is 12.3 Å². The fraction of sp³-hybridized carbons (Fsp3) is 0.286. The number of imidazole rings is 1. The van der Waals surface area contributed by atoms with Gasteiger partial charge in [0, 0.05) is 29.9 Å². The minimum absolute atomic E-state index is 0.00929. The van der Waals surface area contributed by atoms with Crippen LogP contribution in [0.2, 0.25) is 0 Å². The van der Waals surface area contributed by atoms with Crippen LogP contribution in [0.1, 0.15) is 44.0 Å². The number of fused-ring (bicyclic) bond motifs is 2. The normalized spacial score (nSPS) is 13.4. The Morgan fingerprint density at radius 3 is 2.80 bits per heavy atom. The Morgan fingerprint density at radius 2 is 2.00 bits per heavy atom. The van der Waals surface area contributed by atoms with E-state index in [1.54, 1.807) is 24.3 Å². The number of azide groups is 1. The molecule has 1 aliphatic heterocycles. The predicted molar refractivity (Wildman–Crippen MR) is 151 cm³/mol. The number of benzene rings is 3. The van der Waals surface area contributed by atoms with Crippen LogP contribution >= 0.6 is 0 Å². The Kier molecular flexibility index (Phi) is 7.88. The van der Waals surface area contributed by atoms with E-state index in [2.05, 4.69) is 35.8 Å². The maximum Gasteiger partial charge on any atom is 0.311 e. The fourth-order valence-corrected chi connectivity index (χ4v) is 4.44. The van der Waals surface area contributed by atoms with Crippen LogP contribution in [0.4, 0.5) is 0 Å². The second-order valence-electron chi connectivity index (χ2n) is 9.73. The van der Waals surface area contributed by atoms with Crippen LogP contribution in [-0.4, -0.2) is 38.4 Å². The molecule has 4 aromatic rings. The maximum absolute atomic E-state index is 12.5. The molecule has 0 aliphatic carbocycles. The van der Waals surface area contributed by atoms with E-state index in [4.69, 9.17) is 10.3 Å². The van der Waals surface area contributed by atoms with Gasteiger partial charge in [-0.05, 0) is 66.0 Å². The largest absolute Gasteiger partial charge is 0.507 e. The van der Waals surface area contributed by atoms with E-state index in [-0.39, 0.29) is 37.0 Å². The molecule has 2 N–H and O–H groups in total. The summed E-state index contributed by atoms with van der Waals surface area (Å²) in [6.07, 6.45) is 2.78. The molecule has 0 saturated heterocycles. The number of amides is 1. The summed E-state index contributed by atoms with van der Waals surface area (Å²) in [5.41, 5.74) is 12.8. The lowest BCUT2D eigenvalue weighted by Crippen LogP contribution is -2.18. The van der Waals surface area contributed by atoms with Crippen LogP contribution < -0.4 is 10.2 Å². The molecule has 5 rings (SSSR count). The maximum atomic E-state index is 12.5. The van der Waals surface area contributed by atoms with Crippen LogP contribution in [0.3, 0.4) is 0 Å². The van der Waals surface area contributed by atoms with Gasteiger partial charge in [-0.3, -0.25) is 9.59 Å². The summed E-state index contributed by atoms with van der Waals surface area (Å²) < 4.78 is 7.38. The number of phenolic OH excluding ortho intramolecular Hbond substituents is 1. The Morgan fingerprint density at radius 1 is 1.17 bits per heavy atom. The van der Waals surface area contributed by atoms with Crippen LogP contribution in [0.25, 0.3) is 32.2 Å². The van der Waals surface area contributed by atoms with Gasteiger partial charge < -0.3 is 14.4 Å². The SMILES string of the molecule is CC1(CCC(=O)Oc2ccc3c(/C=N/NC(=O)CCCn4c(CN=[N+]=[N-])nc5ccccc54)c(O)ccc3c2)N=N1. The quantitative estimate of drug-likeness (QED) is 0.0446. The van der Waals surface area contributed by atoms with E-state index >= 15 is 0 Å². The summed E-state index contributed by atoms with van der Waals surface area (Å²) in [6.45, 7) is 2.48. The lowest BCUT2D eigenvalue weighted by Gasteiger charge is -2.09. The molecule has 1 aromatic heterocycles. The van der Waals surface area contributed by atoms with E-state index in [0.29, 0.717) is 41.9 Å². The summed E-state index contributed by atoms with van der Waals surface area (Å²) in [5.74, 6) is 0.333. The van der Waals surface area contributed by atoms with Gasteiger partial charge in [0.2, 0.25) is 5.91 Å². The van der Waals surface area contributed by atoms with Crippen LogP contribution in [0.5, 0.6) is 11.5 Å². The number of para-hydroxylation sites is 2. The molecule has 13 heteroatoms. The van der Waals surface area contributed by atoms with Crippen molar-refractivity contribution >= 4 is 39.9 Å². The molecule has 1 amide bonds. The third kappa shape index (κ3) is 6.65. The molecule has 208 valence electrons. The molecule has 2 heterocycles. The number of esters is 1. The average Bonchev–Trinajstić information content (AvgIpc) is 3.61. The van der Waals surface area contributed by atoms with Gasteiger partial charge in [-0.15, -0.1) is 0 Å². The minimum Gasteiger partial charge on any atom is -0.507 e. The average molecular weight is 554 g/mol. The molecule has 0 fully saturated rings. The highest BCUT2D eigenvalue weighted by molar-refractivity contribution is 6.03. The van der Waals surface area contributed by atoms with E-state index in [9.17, 15) is 14.7 Å². The molecule has 13 nitrogen and oxygen atoms in total. The zero-order chi connectivity index (χ0) is 28.8. The summed E-state index contributed by atoms with van der Waals surface area (Å²) in [4.78, 5) is 32.0. The molecule has 0 radical (unpaired) electrons. The van der Waals surface area contributed by atoms with E-state index in [1.807, 2.05) is 35.8 Å². The number of ether oxygens (including phenoxy) is 1. The number of hydrogen-bond donors (Lipinski definition) is 2. The van der Waals surface area contributed by atoms with Gasteiger partial charge in [0.15, 0.2) is 5.66 Å². The number of aromatic hydroxyl groups is 1. The molecular formula is C28H27N9O4. The molecule has 0 bridgehead atoms. The number of aromatic nitrogens is 2. The first kappa shape index (κ1) is 27.3. The number of nitrogens with zero attached hydrogens (tertiary/aromatic N) is 8. The summed E-state index contributed by atoms with van der Waals surface area (Å²) in [6, 6.07) is 15.9. The van der Waals surface area contributed by atoms with Crippen LogP contribution in [0.15, 0.2) is 75.0 Å². The highest BCUT2D eigenvalue weighted by atomic mass is 16.5. The lowest BCUT2D eigenvalue weighted by molar-refractivity contribution is -0.134. The van der Waals surface area contributed by atoms with Crippen molar-refractivity contribution in [2.24, 2.45) is 20.4 Å². The second-order valence-corrected chi connectivity index (χ2v) is 9.73. The predicted octanol–water partition coefficient (Wildman–Crippen LogP) is 5.50. The van der Waals surface area contributed by atoms with Crippen molar-refractivity contribution < 1.29 is 19.4 Å². The van der Waals surface area contributed by atoms with Crippen LogP contribution in [-0.2, 0) is 22.7 Å². The lowest BCUT2D eigenvalue weighted by atomic mass is 10.0. The van der Waals surface area contributed by atoms with Crippen molar-refractivity contribution in [3.63, 3.8) is 0 Å². The smallest absolute Gasteiger partial charge is 0.311 e. The summed E-state index contributed by atoms with van der Waals surface area (Å²) in [7, 11) is 0. The number of carbonyl (C=O) groups is 2. The van der Waals surface area contributed by atoms with Crippen molar-refractivity contribution in [3.05, 3.63) is 76.4 Å². The Bertz CT molecular complexity index is 1730. The second kappa shape index (κ2) is 11.8. The van der Waals surface area contributed by atoms with Crippen molar-refractivity contribution in [3.8, 4) is 11.5 Å². The van der Waals surface area contributed by atoms with Gasteiger partial charge in [-0.2, -0.15) is 15.3 Å². The Hall–Kier alpha value is -5.29. The number of hydrogen-bond acceptors (Lipinski definition) is 9. The Balaban J connectivity index is 1.18. The van der Waals surface area contributed by atoms with Gasteiger partial charge in [0.05, 0.1) is 30.2 Å². The van der Waals surface area contributed by atoms with Gasteiger partial charge in [-0.25, -0.2) is 10.4 Å². The fourth-order valence-electron chi connectivity index (χ4n) is 4.44. The standard InChI is InChI=1S/C28H27N9O4/c1-28(34-35-28)13-12-27(40)41-19-9-10-20-18(15-19)8-11-24(38)21(20)16-30-33-26(39)7-4-14-37-23-6-3-2-5-22(23)32-25(37)17-31-36-29/h2-3,5-6,8-11,15-16,38H,4,7,12-14,17H2,1H3,(H,33,39)/b30-16+. The van der Waals surface area contributed by atoms with E-state index in [0.717, 1.165) is 16.4 Å². The number of carbonyl (C=O) groups excluding carboxylic acids is 2. The molecule has 3 aromatic carbocycles. The third-order valence-corrected chi connectivity index (χ3v) is 6.66. The summed E-state index contributed by atoms with van der Waals surface area (Å²) >= 11 is 0. The Labute approximate surface area is 234 Å². The van der Waals surface area contributed by atoms with Crippen molar-refractivity contribution in [2.45, 2.75) is 51.4 Å². The molecule has 41 heavy (non-hydrogen) atoms. The topological polar surface area (TPSA) is 179 Å². The number of phenols is 1. The molecule has 1 aliphatic rings. The first-order chi connectivity index (χ1) is 19.8. The van der Waals surface area contributed by atoms with Crippen LogP contribution in [0, 0.1) is 0 Å². The molecule has 0 spiro atoms. The first-order valence-corrected chi connectivity index (χ1v) is 13.0. The number of aryl methyl sites for hydroxylation is 1. The monoisotopic (exact) mass is 553 g/mol. The first-order valence-electron chi connectivity index (χ1n) is 13.0. The zero-order valence-corrected chi connectivity index (χ0v) is 22.3. The molecule has 0 atom stereocenters. The highest BCUT2D eigenvalue weighted by Gasteiger charge is 2.34. The number of nitrogens with one attached hydrogen (secondary N) is 1. The number of hydrazone groups is 1. The molecular weight excluding hydrogens is 526 g/mol.